The summed E-state index contributed by atoms with van der Waals surface area (Å²) in [6.45, 7) is 0. The number of aromatic amines is 1. The lowest BCUT2D eigenvalue weighted by Crippen LogP contribution is -2.18. The highest BCUT2D eigenvalue weighted by atomic mass is 35.5. The number of nitrogens with zero attached hydrogens (tertiary/aromatic N) is 1. The van der Waals surface area contributed by atoms with Gasteiger partial charge in [0.15, 0.2) is 0 Å². The van der Waals surface area contributed by atoms with Gasteiger partial charge in [0.05, 0.1) is 10.7 Å². The zero-order valence-corrected chi connectivity index (χ0v) is 12.4. The lowest BCUT2D eigenvalue weighted by Gasteiger charge is -2.09. The van der Waals surface area contributed by atoms with Crippen LogP contribution in [0.5, 0.6) is 0 Å². The first kappa shape index (κ1) is 13.7. The number of H-pyrrole nitrogens is 1. The molecular weight excluding hydrogens is 295 g/mol. The van der Waals surface area contributed by atoms with Crippen molar-refractivity contribution in [2.24, 2.45) is 0 Å². The van der Waals surface area contributed by atoms with E-state index in [0.717, 1.165) is 43.4 Å². The van der Waals surface area contributed by atoms with Gasteiger partial charge in [-0.15, -0.1) is 0 Å². The van der Waals surface area contributed by atoms with Crippen LogP contribution in [-0.4, -0.2) is 9.97 Å². The monoisotopic (exact) mass is 308 g/mol. The summed E-state index contributed by atoms with van der Waals surface area (Å²) in [4.78, 5) is 19.7. The summed E-state index contributed by atoms with van der Waals surface area (Å²) in [6.07, 6.45) is 4.93. The average molecular weight is 309 g/mol. The van der Waals surface area contributed by atoms with Gasteiger partial charge in [-0.3, -0.25) is 4.79 Å². The second kappa shape index (κ2) is 5.58. The molecule has 3 rings (SSSR count). The molecule has 2 aromatic rings. The van der Waals surface area contributed by atoms with E-state index in [4.69, 9.17) is 23.2 Å². The number of aromatic nitrogens is 2. The van der Waals surface area contributed by atoms with Crippen LogP contribution in [0.2, 0.25) is 10.0 Å². The van der Waals surface area contributed by atoms with E-state index < -0.39 is 0 Å². The maximum atomic E-state index is 12.2. The fraction of sp³-hybridized carbons (Fsp3) is 0.333. The molecule has 3 nitrogen and oxygen atoms in total. The number of rotatable bonds is 1. The summed E-state index contributed by atoms with van der Waals surface area (Å²) in [7, 11) is 0. The molecule has 5 heteroatoms. The van der Waals surface area contributed by atoms with Crippen molar-refractivity contribution in [3.05, 3.63) is 49.9 Å². The number of benzene rings is 1. The van der Waals surface area contributed by atoms with Gasteiger partial charge in [-0.2, -0.15) is 0 Å². The van der Waals surface area contributed by atoms with E-state index in [1.807, 2.05) is 0 Å². The molecule has 0 amide bonds. The molecule has 104 valence electrons. The Morgan fingerprint density at radius 3 is 2.75 bits per heavy atom. The minimum absolute atomic E-state index is 0.0528. The van der Waals surface area contributed by atoms with Gasteiger partial charge in [0.1, 0.15) is 5.82 Å². The molecule has 0 bridgehead atoms. The first-order valence-electron chi connectivity index (χ1n) is 6.72. The normalized spacial score (nSPS) is 14.7. The molecule has 0 atom stereocenters. The Bertz CT molecular complexity index is 710. The molecule has 1 aliphatic carbocycles. The van der Waals surface area contributed by atoms with Crippen LogP contribution in [0.1, 0.15) is 30.5 Å². The summed E-state index contributed by atoms with van der Waals surface area (Å²) >= 11 is 12.2. The van der Waals surface area contributed by atoms with Crippen LogP contribution < -0.4 is 5.56 Å². The summed E-state index contributed by atoms with van der Waals surface area (Å²) in [5.41, 5.74) is 2.34. The van der Waals surface area contributed by atoms with Crippen molar-refractivity contribution in [3.8, 4) is 11.4 Å². The highest BCUT2D eigenvalue weighted by Crippen LogP contribution is 2.28. The molecule has 20 heavy (non-hydrogen) atoms. The standard InChI is InChI=1S/C15H14Cl2N2O/c16-9-6-7-12(17)11(8-9)14-18-13-5-3-1-2-4-10(13)15(20)19-14/h6-8H,1-5H2,(H,18,19,20). The van der Waals surface area contributed by atoms with Gasteiger partial charge in [-0.05, 0) is 43.9 Å². The molecule has 1 N–H and O–H groups in total. The Kier molecular flexibility index (Phi) is 3.81. The Hall–Kier alpha value is -1.32. The van der Waals surface area contributed by atoms with E-state index in [9.17, 15) is 4.79 Å². The predicted molar refractivity (Wildman–Crippen MR) is 81.6 cm³/mol. The molecule has 0 saturated carbocycles. The quantitative estimate of drug-likeness (QED) is 0.809. The first-order valence-corrected chi connectivity index (χ1v) is 7.48. The number of halogens is 2. The highest BCUT2D eigenvalue weighted by molar-refractivity contribution is 6.35. The maximum Gasteiger partial charge on any atom is 0.254 e. The summed E-state index contributed by atoms with van der Waals surface area (Å²) in [6, 6.07) is 5.16. The van der Waals surface area contributed by atoms with E-state index >= 15 is 0 Å². The summed E-state index contributed by atoms with van der Waals surface area (Å²) in [5.74, 6) is 0.503. The van der Waals surface area contributed by atoms with Crippen molar-refractivity contribution in [1.29, 1.82) is 0 Å². The lowest BCUT2D eigenvalue weighted by molar-refractivity contribution is 0.708. The Labute approximate surface area is 127 Å². The van der Waals surface area contributed by atoms with Crippen LogP contribution >= 0.6 is 23.2 Å². The highest BCUT2D eigenvalue weighted by Gasteiger charge is 2.16. The Morgan fingerprint density at radius 2 is 1.90 bits per heavy atom. The SMILES string of the molecule is O=c1[nH]c(-c2cc(Cl)ccc2Cl)nc2c1CCCCC2. The van der Waals surface area contributed by atoms with Gasteiger partial charge >= 0.3 is 0 Å². The molecule has 0 fully saturated rings. The fourth-order valence-corrected chi connectivity index (χ4v) is 2.97. The van der Waals surface area contributed by atoms with Crippen LogP contribution in [0.15, 0.2) is 23.0 Å². The van der Waals surface area contributed by atoms with Crippen molar-refractivity contribution in [2.75, 3.05) is 0 Å². The van der Waals surface area contributed by atoms with E-state index in [2.05, 4.69) is 9.97 Å². The van der Waals surface area contributed by atoms with Gasteiger partial charge in [0.2, 0.25) is 0 Å². The number of nitrogens with one attached hydrogen (secondary N) is 1. The number of hydrogen-bond donors (Lipinski definition) is 1. The van der Waals surface area contributed by atoms with Crippen molar-refractivity contribution in [2.45, 2.75) is 32.1 Å². The second-order valence-electron chi connectivity index (χ2n) is 5.02. The van der Waals surface area contributed by atoms with E-state index in [1.54, 1.807) is 18.2 Å². The van der Waals surface area contributed by atoms with Crippen LogP contribution in [0.25, 0.3) is 11.4 Å². The Balaban J connectivity index is 2.16. The van der Waals surface area contributed by atoms with Crippen molar-refractivity contribution in [1.82, 2.24) is 9.97 Å². The van der Waals surface area contributed by atoms with Crippen LogP contribution in [-0.2, 0) is 12.8 Å². The molecule has 0 unspecified atom stereocenters. The summed E-state index contributed by atoms with van der Waals surface area (Å²) < 4.78 is 0. The zero-order chi connectivity index (χ0) is 14.1. The predicted octanol–water partition coefficient (Wildman–Crippen LogP) is 4.01. The van der Waals surface area contributed by atoms with Crippen LogP contribution in [0.3, 0.4) is 0 Å². The van der Waals surface area contributed by atoms with E-state index in [1.165, 1.54) is 0 Å². The minimum Gasteiger partial charge on any atom is -0.306 e. The Morgan fingerprint density at radius 1 is 1.10 bits per heavy atom. The van der Waals surface area contributed by atoms with Crippen molar-refractivity contribution >= 4 is 23.2 Å². The van der Waals surface area contributed by atoms with E-state index in [0.29, 0.717) is 21.4 Å². The third-order valence-corrected chi connectivity index (χ3v) is 4.19. The molecule has 1 heterocycles. The van der Waals surface area contributed by atoms with Crippen LogP contribution in [0.4, 0.5) is 0 Å². The third kappa shape index (κ3) is 2.60. The van der Waals surface area contributed by atoms with Gasteiger partial charge in [-0.25, -0.2) is 4.98 Å². The molecule has 1 aromatic heterocycles. The van der Waals surface area contributed by atoms with Crippen LogP contribution in [0, 0.1) is 0 Å². The molecule has 0 saturated heterocycles. The third-order valence-electron chi connectivity index (χ3n) is 3.63. The molecule has 0 spiro atoms. The number of fused-ring (bicyclic) bond motifs is 1. The largest absolute Gasteiger partial charge is 0.306 e. The van der Waals surface area contributed by atoms with Gasteiger partial charge in [-0.1, -0.05) is 29.6 Å². The van der Waals surface area contributed by atoms with Gasteiger partial charge < -0.3 is 4.98 Å². The molecule has 0 radical (unpaired) electrons. The molecular formula is C15H14Cl2N2O. The smallest absolute Gasteiger partial charge is 0.254 e. The lowest BCUT2D eigenvalue weighted by atomic mass is 10.1. The number of aryl methyl sites for hydroxylation is 1. The minimum atomic E-state index is -0.0528. The zero-order valence-electron chi connectivity index (χ0n) is 10.9. The van der Waals surface area contributed by atoms with E-state index in [-0.39, 0.29) is 5.56 Å². The molecule has 1 aromatic carbocycles. The fourth-order valence-electron chi connectivity index (χ4n) is 2.59. The maximum absolute atomic E-state index is 12.2. The van der Waals surface area contributed by atoms with Crippen molar-refractivity contribution < 1.29 is 0 Å². The van der Waals surface area contributed by atoms with Crippen molar-refractivity contribution in [3.63, 3.8) is 0 Å². The molecule has 0 aliphatic heterocycles. The average Bonchev–Trinajstić information content (AvgIpc) is 2.67. The summed E-state index contributed by atoms with van der Waals surface area (Å²) in [5, 5.41) is 1.10. The number of hydrogen-bond acceptors (Lipinski definition) is 2. The van der Waals surface area contributed by atoms with Gasteiger partial charge in [0.25, 0.3) is 5.56 Å². The first-order chi connectivity index (χ1) is 9.65. The second-order valence-corrected chi connectivity index (χ2v) is 5.87. The topological polar surface area (TPSA) is 45.8 Å². The van der Waals surface area contributed by atoms with Gasteiger partial charge in [0, 0.05) is 16.1 Å². The molecule has 1 aliphatic rings.